The summed E-state index contributed by atoms with van der Waals surface area (Å²) in [4.78, 5) is 0. The minimum absolute atomic E-state index is 0. The van der Waals surface area contributed by atoms with Crippen molar-refractivity contribution < 1.29 is 13.2 Å². The van der Waals surface area contributed by atoms with Gasteiger partial charge in [0.2, 0.25) is 0 Å². The van der Waals surface area contributed by atoms with Crippen molar-refractivity contribution in [3.05, 3.63) is 0 Å². The maximum atomic E-state index is 11.8. The lowest BCUT2D eigenvalue weighted by Crippen LogP contribution is -2.55. The minimum atomic E-state index is -4.10. The highest BCUT2D eigenvalue weighted by Crippen LogP contribution is 2.19. The van der Waals surface area contributed by atoms with Crippen LogP contribution in [0.3, 0.4) is 0 Å². The molecule has 1 atom stereocenters. The molecule has 0 aromatic rings. The van der Waals surface area contributed by atoms with Crippen molar-refractivity contribution in [2.45, 2.75) is 12.2 Å². The lowest BCUT2D eigenvalue weighted by atomic mass is 10.2. The van der Waals surface area contributed by atoms with Gasteiger partial charge in [0.25, 0.3) is 0 Å². The first-order valence-corrected chi connectivity index (χ1v) is 3.11. The summed E-state index contributed by atoms with van der Waals surface area (Å²) >= 11 is 0. The van der Waals surface area contributed by atoms with Gasteiger partial charge < -0.3 is 10.6 Å². The zero-order valence-corrected chi connectivity index (χ0v) is 7.78. The van der Waals surface area contributed by atoms with E-state index in [9.17, 15) is 13.2 Å². The molecule has 1 saturated heterocycles. The average Bonchev–Trinajstić information content (AvgIpc) is 1.88. The van der Waals surface area contributed by atoms with Gasteiger partial charge in [0.1, 0.15) is 6.04 Å². The summed E-state index contributed by atoms with van der Waals surface area (Å²) in [5.74, 6) is 0. The molecule has 7 heteroatoms. The molecule has 1 heterocycles. The topological polar surface area (TPSA) is 24.1 Å². The number of hydrogen-bond donors (Lipinski definition) is 2. The van der Waals surface area contributed by atoms with E-state index in [0.29, 0.717) is 13.1 Å². The van der Waals surface area contributed by atoms with Crippen LogP contribution in [0.15, 0.2) is 0 Å². The van der Waals surface area contributed by atoms with Crippen molar-refractivity contribution in [1.82, 2.24) is 10.6 Å². The van der Waals surface area contributed by atoms with Crippen molar-refractivity contribution in [3.63, 3.8) is 0 Å². The van der Waals surface area contributed by atoms with E-state index in [0.717, 1.165) is 0 Å². The molecule has 1 aliphatic rings. The minimum Gasteiger partial charge on any atom is -0.314 e. The number of alkyl halides is 3. The first kappa shape index (κ1) is 14.8. The van der Waals surface area contributed by atoms with E-state index in [1.165, 1.54) is 0 Å². The van der Waals surface area contributed by atoms with Gasteiger partial charge in [-0.05, 0) is 0 Å². The first-order chi connectivity index (χ1) is 4.61. The van der Waals surface area contributed by atoms with Crippen LogP contribution in [0.1, 0.15) is 0 Å². The van der Waals surface area contributed by atoms with E-state index in [4.69, 9.17) is 0 Å². The summed E-state index contributed by atoms with van der Waals surface area (Å²) in [6.45, 7) is 1.00. The Balaban J connectivity index is 0. The molecule has 2 N–H and O–H groups in total. The largest absolute Gasteiger partial charge is 0.405 e. The van der Waals surface area contributed by atoms with Gasteiger partial charge in [-0.3, -0.25) is 0 Å². The zero-order valence-electron chi connectivity index (χ0n) is 6.15. The summed E-state index contributed by atoms with van der Waals surface area (Å²) in [6, 6.07) is -1.36. The highest BCUT2D eigenvalue weighted by atomic mass is 35.5. The number of rotatable bonds is 0. The lowest BCUT2D eigenvalue weighted by Gasteiger charge is -2.26. The predicted octanol–water partition coefficient (Wildman–Crippen LogP) is 0.954. The summed E-state index contributed by atoms with van der Waals surface area (Å²) in [5.41, 5.74) is 0. The van der Waals surface area contributed by atoms with Crippen LogP contribution >= 0.6 is 24.8 Å². The van der Waals surface area contributed by atoms with Gasteiger partial charge in [0.05, 0.1) is 0 Å². The van der Waals surface area contributed by atoms with Crippen LogP contribution in [-0.2, 0) is 0 Å². The first-order valence-electron chi connectivity index (χ1n) is 3.11. The number of hydrogen-bond acceptors (Lipinski definition) is 2. The van der Waals surface area contributed by atoms with Gasteiger partial charge in [-0.15, -0.1) is 24.8 Å². The Kier molecular flexibility index (Phi) is 7.22. The molecule has 0 unspecified atom stereocenters. The summed E-state index contributed by atoms with van der Waals surface area (Å²) in [5, 5.41) is 5.03. The number of piperazine rings is 1. The standard InChI is InChI=1S/C5H9F3N2.2ClH/c6-5(7,8)4-3-9-1-2-10-4;;/h4,9-10H,1-3H2;2*1H/t4-;;/m0../s1. The molecule has 0 radical (unpaired) electrons. The maximum absolute atomic E-state index is 11.8. The van der Waals surface area contributed by atoms with Crippen LogP contribution in [0.25, 0.3) is 0 Å². The molecule has 0 aliphatic carbocycles. The summed E-state index contributed by atoms with van der Waals surface area (Å²) in [7, 11) is 0. The molecule has 12 heavy (non-hydrogen) atoms. The Labute approximate surface area is 81.1 Å². The van der Waals surface area contributed by atoms with E-state index in [1.54, 1.807) is 0 Å². The van der Waals surface area contributed by atoms with Gasteiger partial charge >= 0.3 is 6.18 Å². The monoisotopic (exact) mass is 226 g/mol. The van der Waals surface area contributed by atoms with Crippen LogP contribution in [0.2, 0.25) is 0 Å². The molecule has 0 aromatic carbocycles. The van der Waals surface area contributed by atoms with Gasteiger partial charge in [0, 0.05) is 19.6 Å². The smallest absolute Gasteiger partial charge is 0.314 e. The van der Waals surface area contributed by atoms with Crippen LogP contribution in [0.5, 0.6) is 0 Å². The number of halogens is 5. The number of nitrogens with one attached hydrogen (secondary N) is 2. The van der Waals surface area contributed by atoms with E-state index in [1.807, 2.05) is 0 Å². The van der Waals surface area contributed by atoms with Crippen molar-refractivity contribution >= 4 is 24.8 Å². The fourth-order valence-corrected chi connectivity index (χ4v) is 0.885. The quantitative estimate of drug-likeness (QED) is 0.643. The molecular weight excluding hydrogens is 216 g/mol. The van der Waals surface area contributed by atoms with Crippen LogP contribution < -0.4 is 10.6 Å². The van der Waals surface area contributed by atoms with Crippen molar-refractivity contribution in [2.24, 2.45) is 0 Å². The van der Waals surface area contributed by atoms with Crippen molar-refractivity contribution in [1.29, 1.82) is 0 Å². The fraction of sp³-hybridized carbons (Fsp3) is 1.00. The maximum Gasteiger partial charge on any atom is 0.405 e. The summed E-state index contributed by atoms with van der Waals surface area (Å²) in [6.07, 6.45) is -4.10. The Morgan fingerprint density at radius 3 is 1.92 bits per heavy atom. The second-order valence-electron chi connectivity index (χ2n) is 2.25. The molecule has 1 aliphatic heterocycles. The molecular formula is C5H11Cl2F3N2. The molecule has 0 bridgehead atoms. The van der Waals surface area contributed by atoms with Crippen molar-refractivity contribution in [2.75, 3.05) is 19.6 Å². The molecule has 0 amide bonds. The second-order valence-corrected chi connectivity index (χ2v) is 2.25. The molecule has 0 aromatic heterocycles. The van der Waals surface area contributed by atoms with Crippen LogP contribution in [0.4, 0.5) is 13.2 Å². The molecule has 2 nitrogen and oxygen atoms in total. The van der Waals surface area contributed by atoms with E-state index in [2.05, 4.69) is 10.6 Å². The zero-order chi connectivity index (χ0) is 7.61. The van der Waals surface area contributed by atoms with E-state index in [-0.39, 0.29) is 31.4 Å². The third kappa shape index (κ3) is 4.35. The Hall–Kier alpha value is 0.290. The highest BCUT2D eigenvalue weighted by Gasteiger charge is 2.39. The van der Waals surface area contributed by atoms with Crippen LogP contribution in [-0.4, -0.2) is 31.9 Å². The van der Waals surface area contributed by atoms with Crippen molar-refractivity contribution in [3.8, 4) is 0 Å². The molecule has 76 valence electrons. The highest BCUT2D eigenvalue weighted by molar-refractivity contribution is 5.85. The van der Waals surface area contributed by atoms with Gasteiger partial charge in [-0.25, -0.2) is 0 Å². The molecule has 1 rings (SSSR count). The molecule has 0 spiro atoms. The molecule has 0 saturated carbocycles. The predicted molar refractivity (Wildman–Crippen MR) is 45.2 cm³/mol. The third-order valence-electron chi connectivity index (χ3n) is 1.44. The lowest BCUT2D eigenvalue weighted by molar-refractivity contribution is -0.156. The van der Waals surface area contributed by atoms with E-state index >= 15 is 0 Å². The fourth-order valence-electron chi connectivity index (χ4n) is 0.885. The normalized spacial score (nSPS) is 23.8. The van der Waals surface area contributed by atoms with Gasteiger partial charge in [0.15, 0.2) is 0 Å². The van der Waals surface area contributed by atoms with E-state index < -0.39 is 12.2 Å². The third-order valence-corrected chi connectivity index (χ3v) is 1.44. The van der Waals surface area contributed by atoms with Gasteiger partial charge in [-0.1, -0.05) is 0 Å². The SMILES string of the molecule is Cl.Cl.FC(F)(F)[C@@H]1CNCCN1. The Bertz CT molecular complexity index is 114. The molecule has 1 fully saturated rings. The average molecular weight is 227 g/mol. The summed E-state index contributed by atoms with van der Waals surface area (Å²) < 4.78 is 35.5. The Morgan fingerprint density at radius 2 is 1.67 bits per heavy atom. The van der Waals surface area contributed by atoms with Gasteiger partial charge in [-0.2, -0.15) is 13.2 Å². The second kappa shape index (κ2) is 5.85. The Morgan fingerprint density at radius 1 is 1.08 bits per heavy atom. The van der Waals surface area contributed by atoms with Crippen LogP contribution in [0, 0.1) is 0 Å².